The van der Waals surface area contributed by atoms with E-state index in [0.717, 1.165) is 64.7 Å². The Morgan fingerprint density at radius 1 is 0.600 bits per heavy atom. The summed E-state index contributed by atoms with van der Waals surface area (Å²) in [6.45, 7) is 6.85. The van der Waals surface area contributed by atoms with Gasteiger partial charge in [-0.15, -0.1) is 0 Å². The van der Waals surface area contributed by atoms with Crippen molar-refractivity contribution in [1.29, 1.82) is 0 Å². The number of hydrogen-bond acceptors (Lipinski definition) is 11. The molecule has 0 aliphatic heterocycles. The lowest BCUT2D eigenvalue weighted by Gasteiger charge is -2.22. The molecule has 0 fully saturated rings. The molecule has 182 valence electrons. The highest BCUT2D eigenvalue weighted by Gasteiger charge is 2.17. The van der Waals surface area contributed by atoms with Gasteiger partial charge in [-0.3, -0.25) is 24.2 Å². The molecule has 0 aromatic carbocycles. The van der Waals surface area contributed by atoms with Gasteiger partial charge in [0.2, 0.25) is 0 Å². The molecule has 12 N–H and O–H groups in total. The van der Waals surface area contributed by atoms with E-state index in [1.807, 2.05) is 0 Å². The molecule has 0 rings (SSSR count). The molecule has 0 aliphatic carbocycles. The second kappa shape index (κ2) is 23.5. The van der Waals surface area contributed by atoms with E-state index >= 15 is 0 Å². The van der Waals surface area contributed by atoms with E-state index in [-0.39, 0.29) is 12.5 Å². The van der Waals surface area contributed by atoms with Gasteiger partial charge in [0.05, 0.1) is 0 Å². The van der Waals surface area contributed by atoms with Gasteiger partial charge >= 0.3 is 8.25 Å². The van der Waals surface area contributed by atoms with Gasteiger partial charge < -0.3 is 33.6 Å². The van der Waals surface area contributed by atoms with Crippen LogP contribution in [0, 0.1) is 0 Å². The molecule has 0 aliphatic rings. The fourth-order valence-corrected chi connectivity index (χ4v) is 3.69. The maximum Gasteiger partial charge on any atom is 0.322 e. The van der Waals surface area contributed by atoms with Gasteiger partial charge in [0.25, 0.3) is 0 Å². The Kier molecular flexibility index (Phi) is 23.4. The summed E-state index contributed by atoms with van der Waals surface area (Å²) in [5, 5.41) is 12.9. The normalized spacial score (nSPS) is 14.7. The second-order valence-corrected chi connectivity index (χ2v) is 7.99. The van der Waals surface area contributed by atoms with Gasteiger partial charge in [-0.2, -0.15) is 0 Å². The zero-order valence-electron chi connectivity index (χ0n) is 18.5. The standard InChI is InChI=1S/C18H47N8O3P/c19-7-13-23-11-3-1-5-17(25-15-9-21)28-30(27)29-18(26-16-10-22)6-2-4-12-24-14-8-20/h17-18,23-26,30H,1-16,19-22H2. The lowest BCUT2D eigenvalue weighted by atomic mass is 10.2. The number of unbranched alkanes of at least 4 members (excludes halogenated alkanes) is 2. The van der Waals surface area contributed by atoms with Crippen LogP contribution < -0.4 is 44.2 Å². The Morgan fingerprint density at radius 3 is 1.37 bits per heavy atom. The molecule has 0 saturated carbocycles. The Bertz CT molecular complexity index is 353. The zero-order chi connectivity index (χ0) is 22.3. The van der Waals surface area contributed by atoms with Gasteiger partial charge in [0.15, 0.2) is 0 Å². The molecule has 0 saturated heterocycles. The second-order valence-electron chi connectivity index (χ2n) is 7.02. The highest BCUT2D eigenvalue weighted by Crippen LogP contribution is 2.29. The quantitative estimate of drug-likeness (QED) is 0.0486. The maximum atomic E-state index is 12.5. The van der Waals surface area contributed by atoms with Gasteiger partial charge in [-0.1, -0.05) is 0 Å². The van der Waals surface area contributed by atoms with Crippen molar-refractivity contribution in [3.05, 3.63) is 0 Å². The van der Waals surface area contributed by atoms with E-state index in [9.17, 15) is 4.57 Å². The first-order valence-corrected chi connectivity index (χ1v) is 12.5. The Hall–Kier alpha value is -0.170. The molecule has 11 nitrogen and oxygen atoms in total. The Labute approximate surface area is 183 Å². The van der Waals surface area contributed by atoms with Crippen molar-refractivity contribution >= 4 is 8.25 Å². The molecule has 0 radical (unpaired) electrons. The first-order chi connectivity index (χ1) is 14.7. The molecular formula is C18H47N8O3P. The minimum atomic E-state index is -2.67. The fraction of sp³-hybridized carbons (Fsp3) is 1.00. The van der Waals surface area contributed by atoms with Crippen LogP contribution in [0.3, 0.4) is 0 Å². The molecule has 0 amide bonds. The summed E-state index contributed by atoms with van der Waals surface area (Å²) in [4.78, 5) is 0. The number of nitrogens with one attached hydrogen (secondary N) is 4. The van der Waals surface area contributed by atoms with E-state index < -0.39 is 8.25 Å². The first kappa shape index (κ1) is 29.8. The zero-order valence-corrected chi connectivity index (χ0v) is 19.5. The summed E-state index contributed by atoms with van der Waals surface area (Å²) in [5.74, 6) is 0. The van der Waals surface area contributed by atoms with Crippen molar-refractivity contribution in [2.75, 3.05) is 65.4 Å². The predicted molar refractivity (Wildman–Crippen MR) is 124 cm³/mol. The fourth-order valence-electron chi connectivity index (χ4n) is 2.77. The lowest BCUT2D eigenvalue weighted by Crippen LogP contribution is -2.36. The number of nitrogens with two attached hydrogens (primary N) is 4. The van der Waals surface area contributed by atoms with Crippen LogP contribution in [-0.2, 0) is 13.6 Å². The van der Waals surface area contributed by atoms with E-state index in [2.05, 4.69) is 21.3 Å². The molecule has 0 spiro atoms. The van der Waals surface area contributed by atoms with E-state index in [1.54, 1.807) is 0 Å². The predicted octanol–water partition coefficient (Wildman–Crippen LogP) is -1.40. The van der Waals surface area contributed by atoms with Crippen molar-refractivity contribution in [1.82, 2.24) is 21.3 Å². The summed E-state index contributed by atoms with van der Waals surface area (Å²) >= 11 is 0. The van der Waals surface area contributed by atoms with Gasteiger partial charge in [-0.05, 0) is 51.6 Å². The van der Waals surface area contributed by atoms with E-state index in [4.69, 9.17) is 32.0 Å². The monoisotopic (exact) mass is 454 g/mol. The third kappa shape index (κ3) is 19.8. The van der Waals surface area contributed by atoms with Crippen LogP contribution in [0.15, 0.2) is 0 Å². The molecule has 0 bridgehead atoms. The minimum Gasteiger partial charge on any atom is -0.329 e. The largest absolute Gasteiger partial charge is 0.329 e. The van der Waals surface area contributed by atoms with Gasteiger partial charge in [-0.25, -0.2) is 0 Å². The van der Waals surface area contributed by atoms with Gasteiger partial charge in [0, 0.05) is 52.4 Å². The van der Waals surface area contributed by atoms with Crippen LogP contribution in [0.1, 0.15) is 38.5 Å². The SMILES string of the molecule is NCCNCCCCC(NCCN)O[PH](=O)OC(CCCCNCCN)NCCN. The summed E-state index contributed by atoms with van der Waals surface area (Å²) in [6.07, 6.45) is 4.62. The summed E-state index contributed by atoms with van der Waals surface area (Å²) in [5.41, 5.74) is 22.1. The Morgan fingerprint density at radius 2 is 1.00 bits per heavy atom. The molecule has 2 unspecified atom stereocenters. The molecule has 30 heavy (non-hydrogen) atoms. The molecule has 0 heterocycles. The van der Waals surface area contributed by atoms with Crippen molar-refractivity contribution in [3.63, 3.8) is 0 Å². The molecule has 12 heteroatoms. The molecule has 2 atom stereocenters. The average Bonchev–Trinajstić information content (AvgIpc) is 2.74. The van der Waals surface area contributed by atoms with Crippen LogP contribution >= 0.6 is 8.25 Å². The van der Waals surface area contributed by atoms with E-state index in [0.29, 0.717) is 39.3 Å². The highest BCUT2D eigenvalue weighted by atomic mass is 31.1. The van der Waals surface area contributed by atoms with Crippen molar-refractivity contribution < 1.29 is 13.6 Å². The topological polar surface area (TPSA) is 188 Å². The lowest BCUT2D eigenvalue weighted by molar-refractivity contribution is 0.0881. The third-order valence-electron chi connectivity index (χ3n) is 4.29. The average molecular weight is 455 g/mol. The van der Waals surface area contributed by atoms with Crippen molar-refractivity contribution in [2.45, 2.75) is 51.0 Å². The highest BCUT2D eigenvalue weighted by molar-refractivity contribution is 7.33. The van der Waals surface area contributed by atoms with Crippen LogP contribution in [0.4, 0.5) is 0 Å². The summed E-state index contributed by atoms with van der Waals surface area (Å²) in [6, 6.07) is 0. The smallest absolute Gasteiger partial charge is 0.322 e. The third-order valence-corrected chi connectivity index (χ3v) is 5.25. The van der Waals surface area contributed by atoms with Crippen LogP contribution in [-0.4, -0.2) is 77.9 Å². The molecule has 0 aromatic heterocycles. The van der Waals surface area contributed by atoms with Crippen molar-refractivity contribution in [3.8, 4) is 0 Å². The Balaban J connectivity index is 4.31. The van der Waals surface area contributed by atoms with Gasteiger partial charge in [0.1, 0.15) is 12.5 Å². The summed E-state index contributed by atoms with van der Waals surface area (Å²) < 4.78 is 23.8. The first-order valence-electron chi connectivity index (χ1n) is 11.2. The van der Waals surface area contributed by atoms with Crippen LogP contribution in [0.25, 0.3) is 0 Å². The van der Waals surface area contributed by atoms with Crippen molar-refractivity contribution in [2.24, 2.45) is 22.9 Å². The van der Waals surface area contributed by atoms with Crippen LogP contribution in [0.5, 0.6) is 0 Å². The minimum absolute atomic E-state index is 0.343. The van der Waals surface area contributed by atoms with E-state index in [1.165, 1.54) is 0 Å². The molecule has 0 aromatic rings. The molecular weight excluding hydrogens is 407 g/mol. The summed E-state index contributed by atoms with van der Waals surface area (Å²) in [7, 11) is -2.67. The number of hydrogen-bond donors (Lipinski definition) is 8. The number of rotatable bonds is 24. The maximum absolute atomic E-state index is 12.5. The van der Waals surface area contributed by atoms with Crippen LogP contribution in [0.2, 0.25) is 0 Å².